The zero-order valence-electron chi connectivity index (χ0n) is 13.4. The number of amides is 1. The first-order valence-electron chi connectivity index (χ1n) is 7.74. The van der Waals surface area contributed by atoms with E-state index in [1.54, 1.807) is 11.0 Å². The molecule has 0 atom stereocenters. The van der Waals surface area contributed by atoms with Crippen molar-refractivity contribution in [1.29, 1.82) is 0 Å². The number of nitrogens with one attached hydrogen (secondary N) is 1. The molecule has 122 valence electrons. The van der Waals surface area contributed by atoms with Crippen LogP contribution < -0.4 is 5.32 Å². The van der Waals surface area contributed by atoms with Crippen molar-refractivity contribution in [2.24, 2.45) is 0 Å². The van der Waals surface area contributed by atoms with Gasteiger partial charge in [0.25, 0.3) is 0 Å². The second kappa shape index (κ2) is 7.45. The summed E-state index contributed by atoms with van der Waals surface area (Å²) >= 11 is 0. The quantitative estimate of drug-likeness (QED) is 0.753. The van der Waals surface area contributed by atoms with Crippen LogP contribution in [0.4, 0.5) is 5.95 Å². The number of anilines is 1. The third-order valence-electron chi connectivity index (χ3n) is 3.43. The van der Waals surface area contributed by atoms with E-state index >= 15 is 0 Å². The minimum Gasteiger partial charge on any atom is -0.295 e. The monoisotopic (exact) mass is 322 g/mol. The first kappa shape index (κ1) is 15.8. The molecule has 3 rings (SSSR count). The Kier molecular flexibility index (Phi) is 4.90. The molecule has 1 aromatic carbocycles. The summed E-state index contributed by atoms with van der Waals surface area (Å²) in [5.74, 6) is 0.222. The Morgan fingerprint density at radius 3 is 2.79 bits per heavy atom. The second-order valence-electron chi connectivity index (χ2n) is 5.39. The molecule has 0 spiro atoms. The molecule has 3 aromatic rings. The number of carbonyl (C=O) groups is 1. The Hall–Kier alpha value is -3.09. The Balaban J connectivity index is 1.62. The molecule has 1 N–H and O–H groups in total. The van der Waals surface area contributed by atoms with E-state index in [-0.39, 0.29) is 5.91 Å². The van der Waals surface area contributed by atoms with Crippen molar-refractivity contribution >= 4 is 11.9 Å². The first-order valence-corrected chi connectivity index (χ1v) is 7.74. The van der Waals surface area contributed by atoms with Gasteiger partial charge in [0.1, 0.15) is 12.7 Å². The van der Waals surface area contributed by atoms with E-state index in [1.807, 2.05) is 43.3 Å². The van der Waals surface area contributed by atoms with E-state index in [0.717, 1.165) is 17.0 Å². The maximum Gasteiger partial charge on any atom is 0.230 e. The molecule has 2 heterocycles. The summed E-state index contributed by atoms with van der Waals surface area (Å²) in [6, 6.07) is 11.7. The van der Waals surface area contributed by atoms with Gasteiger partial charge in [0.15, 0.2) is 0 Å². The molecule has 0 fully saturated rings. The van der Waals surface area contributed by atoms with Crippen LogP contribution in [0.25, 0.3) is 11.3 Å². The van der Waals surface area contributed by atoms with E-state index in [9.17, 15) is 4.79 Å². The van der Waals surface area contributed by atoms with Gasteiger partial charge in [-0.25, -0.2) is 15.0 Å². The highest BCUT2D eigenvalue weighted by Gasteiger charge is 2.08. The second-order valence-corrected chi connectivity index (χ2v) is 5.39. The average Bonchev–Trinajstić information content (AvgIpc) is 3.08. The van der Waals surface area contributed by atoms with Crippen molar-refractivity contribution < 1.29 is 4.79 Å². The van der Waals surface area contributed by atoms with Crippen LogP contribution >= 0.6 is 0 Å². The molecule has 0 radical (unpaired) electrons. The zero-order valence-corrected chi connectivity index (χ0v) is 13.4. The number of aryl methyl sites for hydroxylation is 2. The lowest BCUT2D eigenvalue weighted by atomic mass is 10.1. The number of carbonyl (C=O) groups excluding carboxylic acids is 1. The highest BCUT2D eigenvalue weighted by atomic mass is 16.1. The van der Waals surface area contributed by atoms with Gasteiger partial charge in [-0.05, 0) is 19.4 Å². The van der Waals surface area contributed by atoms with Crippen molar-refractivity contribution in [3.05, 3.63) is 54.7 Å². The topological polar surface area (TPSA) is 85.6 Å². The van der Waals surface area contributed by atoms with E-state index in [0.29, 0.717) is 25.3 Å². The first-order chi connectivity index (χ1) is 11.7. The molecule has 0 aliphatic rings. The standard InChI is InChI=1S/C17H18N6O/c1-13-10-15(14-6-3-2-4-7-14)21-17(20-13)22-16(24)8-5-9-23-12-18-11-19-23/h2-4,6-7,10-12H,5,8-9H2,1H3,(H,20,21,22,24). The van der Waals surface area contributed by atoms with Gasteiger partial charge in [-0.2, -0.15) is 5.10 Å². The third-order valence-corrected chi connectivity index (χ3v) is 3.43. The largest absolute Gasteiger partial charge is 0.295 e. The van der Waals surface area contributed by atoms with E-state index in [2.05, 4.69) is 25.4 Å². The molecule has 24 heavy (non-hydrogen) atoms. The fourth-order valence-corrected chi connectivity index (χ4v) is 2.32. The number of rotatable bonds is 6. The number of hydrogen-bond donors (Lipinski definition) is 1. The summed E-state index contributed by atoms with van der Waals surface area (Å²) in [5.41, 5.74) is 2.59. The van der Waals surface area contributed by atoms with Crippen LogP contribution in [-0.4, -0.2) is 30.6 Å². The summed E-state index contributed by atoms with van der Waals surface area (Å²) in [6.45, 7) is 2.53. The Morgan fingerprint density at radius 1 is 1.21 bits per heavy atom. The zero-order chi connectivity index (χ0) is 16.8. The minimum absolute atomic E-state index is 0.111. The highest BCUT2D eigenvalue weighted by molar-refractivity contribution is 5.89. The van der Waals surface area contributed by atoms with Crippen molar-refractivity contribution in [3.8, 4) is 11.3 Å². The van der Waals surface area contributed by atoms with Crippen LogP contribution in [-0.2, 0) is 11.3 Å². The molecule has 0 aliphatic carbocycles. The van der Waals surface area contributed by atoms with Crippen LogP contribution in [0, 0.1) is 6.92 Å². The van der Waals surface area contributed by atoms with Gasteiger partial charge in [0, 0.05) is 24.2 Å². The van der Waals surface area contributed by atoms with Gasteiger partial charge in [-0.15, -0.1) is 0 Å². The molecule has 0 aliphatic heterocycles. The Bertz CT molecular complexity index is 801. The molecule has 2 aromatic heterocycles. The maximum absolute atomic E-state index is 12.1. The molecule has 0 bridgehead atoms. The average molecular weight is 322 g/mol. The number of hydrogen-bond acceptors (Lipinski definition) is 5. The molecular formula is C17H18N6O. The van der Waals surface area contributed by atoms with Gasteiger partial charge in [0.2, 0.25) is 11.9 Å². The fraction of sp³-hybridized carbons (Fsp3) is 0.235. The number of aromatic nitrogens is 5. The molecule has 0 unspecified atom stereocenters. The smallest absolute Gasteiger partial charge is 0.230 e. The van der Waals surface area contributed by atoms with E-state index in [4.69, 9.17) is 0 Å². The lowest BCUT2D eigenvalue weighted by Crippen LogP contribution is -2.15. The van der Waals surface area contributed by atoms with Gasteiger partial charge in [0.05, 0.1) is 5.69 Å². The third kappa shape index (κ3) is 4.22. The van der Waals surface area contributed by atoms with Crippen LogP contribution in [0.5, 0.6) is 0 Å². The Labute approximate surface area is 139 Å². The molecule has 0 saturated heterocycles. The molecular weight excluding hydrogens is 304 g/mol. The van der Waals surface area contributed by atoms with Crippen molar-refractivity contribution in [2.45, 2.75) is 26.3 Å². The van der Waals surface area contributed by atoms with Crippen LogP contribution in [0.3, 0.4) is 0 Å². The van der Waals surface area contributed by atoms with Crippen LogP contribution in [0.1, 0.15) is 18.5 Å². The molecule has 0 saturated carbocycles. The summed E-state index contributed by atoms with van der Waals surface area (Å²) in [4.78, 5) is 24.6. The lowest BCUT2D eigenvalue weighted by Gasteiger charge is -2.07. The summed E-state index contributed by atoms with van der Waals surface area (Å²) in [7, 11) is 0. The summed E-state index contributed by atoms with van der Waals surface area (Å²) < 4.78 is 1.70. The summed E-state index contributed by atoms with van der Waals surface area (Å²) in [6.07, 6.45) is 4.16. The number of nitrogens with zero attached hydrogens (tertiary/aromatic N) is 5. The maximum atomic E-state index is 12.1. The van der Waals surface area contributed by atoms with Crippen molar-refractivity contribution in [3.63, 3.8) is 0 Å². The molecule has 7 nitrogen and oxygen atoms in total. The van der Waals surface area contributed by atoms with Crippen molar-refractivity contribution in [1.82, 2.24) is 24.7 Å². The van der Waals surface area contributed by atoms with E-state index in [1.165, 1.54) is 6.33 Å². The molecule has 7 heteroatoms. The number of benzene rings is 1. The van der Waals surface area contributed by atoms with Gasteiger partial charge in [-0.3, -0.25) is 14.8 Å². The predicted octanol–water partition coefficient (Wildman–Crippen LogP) is 2.46. The SMILES string of the molecule is Cc1cc(-c2ccccc2)nc(NC(=O)CCCn2cncn2)n1. The fourth-order valence-electron chi connectivity index (χ4n) is 2.32. The van der Waals surface area contributed by atoms with Gasteiger partial charge in [-0.1, -0.05) is 30.3 Å². The lowest BCUT2D eigenvalue weighted by molar-refractivity contribution is -0.116. The predicted molar refractivity (Wildman–Crippen MR) is 90.1 cm³/mol. The van der Waals surface area contributed by atoms with Gasteiger partial charge < -0.3 is 0 Å². The Morgan fingerprint density at radius 2 is 2.04 bits per heavy atom. The van der Waals surface area contributed by atoms with E-state index < -0.39 is 0 Å². The highest BCUT2D eigenvalue weighted by Crippen LogP contribution is 2.18. The van der Waals surface area contributed by atoms with Crippen LogP contribution in [0.2, 0.25) is 0 Å². The molecule has 1 amide bonds. The summed E-state index contributed by atoms with van der Waals surface area (Å²) in [5, 5.41) is 6.77. The van der Waals surface area contributed by atoms with Gasteiger partial charge >= 0.3 is 0 Å². The van der Waals surface area contributed by atoms with Crippen molar-refractivity contribution in [2.75, 3.05) is 5.32 Å². The minimum atomic E-state index is -0.111. The van der Waals surface area contributed by atoms with Crippen LogP contribution in [0.15, 0.2) is 49.1 Å². The normalized spacial score (nSPS) is 10.5.